The van der Waals surface area contributed by atoms with E-state index in [0.29, 0.717) is 30.2 Å². The molecule has 3 rings (SSSR count). The molecule has 2 aromatic heterocycles. The second-order valence-electron chi connectivity index (χ2n) is 6.40. The van der Waals surface area contributed by atoms with Crippen LogP contribution < -0.4 is 14.8 Å². The van der Waals surface area contributed by atoms with Gasteiger partial charge in [-0.1, -0.05) is 19.4 Å². The highest BCUT2D eigenvalue weighted by atomic mass is 16.5. The molecule has 2 heterocycles. The first-order chi connectivity index (χ1) is 13.2. The zero-order chi connectivity index (χ0) is 19.2. The predicted octanol–water partition coefficient (Wildman–Crippen LogP) is 4.02. The van der Waals surface area contributed by atoms with Gasteiger partial charge in [-0.15, -0.1) is 0 Å². The highest BCUT2D eigenvalue weighted by Gasteiger charge is 2.17. The van der Waals surface area contributed by atoms with Crippen molar-refractivity contribution >= 4 is 17.0 Å². The molecule has 0 aliphatic rings. The molecule has 6 nitrogen and oxygen atoms in total. The predicted molar refractivity (Wildman–Crippen MR) is 105 cm³/mol. The van der Waals surface area contributed by atoms with Crippen molar-refractivity contribution in [3.63, 3.8) is 0 Å². The number of fused-ring (bicyclic) bond motifs is 1. The lowest BCUT2D eigenvalue weighted by Gasteiger charge is -2.11. The van der Waals surface area contributed by atoms with Crippen molar-refractivity contribution in [1.82, 2.24) is 9.88 Å². The van der Waals surface area contributed by atoms with Gasteiger partial charge in [0, 0.05) is 25.2 Å². The first kappa shape index (κ1) is 18.9. The number of nitrogens with zero attached hydrogens (tertiary/aromatic N) is 1. The van der Waals surface area contributed by atoms with E-state index in [4.69, 9.17) is 13.9 Å². The summed E-state index contributed by atoms with van der Waals surface area (Å²) in [5.41, 5.74) is 3.43. The second kappa shape index (κ2) is 8.66. The van der Waals surface area contributed by atoms with Crippen LogP contribution in [0.5, 0.6) is 11.5 Å². The molecule has 0 saturated carbocycles. The van der Waals surface area contributed by atoms with Crippen LogP contribution in [-0.2, 0) is 13.0 Å². The number of aromatic nitrogens is 1. The Morgan fingerprint density at radius 2 is 1.96 bits per heavy atom. The van der Waals surface area contributed by atoms with E-state index in [0.717, 1.165) is 36.0 Å². The normalized spacial score (nSPS) is 10.9. The zero-order valence-electron chi connectivity index (χ0n) is 16.1. The van der Waals surface area contributed by atoms with Crippen LogP contribution in [0.2, 0.25) is 0 Å². The monoisotopic (exact) mass is 370 g/mol. The Kier molecular flexibility index (Phi) is 6.06. The average Bonchev–Trinajstić information content (AvgIpc) is 3.27. The maximum atomic E-state index is 12.7. The fourth-order valence-electron chi connectivity index (χ4n) is 3.17. The Morgan fingerprint density at radius 3 is 2.70 bits per heavy atom. The molecule has 0 unspecified atom stereocenters. The summed E-state index contributed by atoms with van der Waals surface area (Å²) < 4.78 is 18.1. The minimum absolute atomic E-state index is 0.0852. The SMILES string of the molecule is CCCCn1c(C(=O)NCCc2ccc(OC)c(OC)c2)cc2occc21. The van der Waals surface area contributed by atoms with Crippen molar-refractivity contribution in [2.45, 2.75) is 32.7 Å². The molecule has 0 radical (unpaired) electrons. The number of carbonyl (C=O) groups is 1. The van der Waals surface area contributed by atoms with Gasteiger partial charge in [0.15, 0.2) is 17.1 Å². The molecule has 0 bridgehead atoms. The fraction of sp³-hybridized carbons (Fsp3) is 0.381. The number of carbonyl (C=O) groups excluding carboxylic acids is 1. The largest absolute Gasteiger partial charge is 0.493 e. The molecule has 0 saturated heterocycles. The number of benzene rings is 1. The number of rotatable bonds is 9. The Hall–Kier alpha value is -2.89. The van der Waals surface area contributed by atoms with Crippen molar-refractivity contribution < 1.29 is 18.7 Å². The van der Waals surface area contributed by atoms with Crippen LogP contribution in [-0.4, -0.2) is 31.2 Å². The smallest absolute Gasteiger partial charge is 0.268 e. The molecule has 6 heteroatoms. The van der Waals surface area contributed by atoms with E-state index >= 15 is 0 Å². The van der Waals surface area contributed by atoms with Gasteiger partial charge in [-0.3, -0.25) is 4.79 Å². The number of aryl methyl sites for hydroxylation is 1. The minimum Gasteiger partial charge on any atom is -0.493 e. The number of hydrogen-bond acceptors (Lipinski definition) is 4. The van der Waals surface area contributed by atoms with E-state index < -0.39 is 0 Å². The van der Waals surface area contributed by atoms with Gasteiger partial charge < -0.3 is 23.8 Å². The van der Waals surface area contributed by atoms with Crippen molar-refractivity contribution in [3.8, 4) is 11.5 Å². The highest BCUT2D eigenvalue weighted by molar-refractivity contribution is 5.97. The lowest BCUT2D eigenvalue weighted by atomic mass is 10.1. The lowest BCUT2D eigenvalue weighted by molar-refractivity contribution is 0.0945. The highest BCUT2D eigenvalue weighted by Crippen LogP contribution is 2.27. The van der Waals surface area contributed by atoms with Crippen LogP contribution in [0.25, 0.3) is 11.1 Å². The van der Waals surface area contributed by atoms with Crippen molar-refractivity contribution in [3.05, 3.63) is 47.9 Å². The summed E-state index contributed by atoms with van der Waals surface area (Å²) >= 11 is 0. The molecule has 27 heavy (non-hydrogen) atoms. The third-order valence-corrected chi connectivity index (χ3v) is 4.64. The number of methoxy groups -OCH3 is 2. The van der Waals surface area contributed by atoms with Crippen LogP contribution in [0, 0.1) is 0 Å². The van der Waals surface area contributed by atoms with Gasteiger partial charge >= 0.3 is 0 Å². The quantitative estimate of drug-likeness (QED) is 0.618. The first-order valence-corrected chi connectivity index (χ1v) is 9.23. The Labute approximate surface area is 159 Å². The van der Waals surface area contributed by atoms with Crippen LogP contribution in [0.15, 0.2) is 41.0 Å². The summed E-state index contributed by atoms with van der Waals surface area (Å²) in [6, 6.07) is 9.51. The van der Waals surface area contributed by atoms with E-state index in [9.17, 15) is 4.79 Å². The van der Waals surface area contributed by atoms with Crippen LogP contribution in [0.4, 0.5) is 0 Å². The van der Waals surface area contributed by atoms with Gasteiger partial charge in [0.1, 0.15) is 5.69 Å². The Morgan fingerprint density at radius 1 is 1.15 bits per heavy atom. The van der Waals surface area contributed by atoms with E-state index in [1.807, 2.05) is 34.9 Å². The summed E-state index contributed by atoms with van der Waals surface area (Å²) in [6.45, 7) is 3.48. The summed E-state index contributed by atoms with van der Waals surface area (Å²) in [6.07, 6.45) is 4.45. The molecule has 0 atom stereocenters. The third kappa shape index (κ3) is 4.10. The van der Waals surface area contributed by atoms with Gasteiger partial charge in [0.2, 0.25) is 0 Å². The van der Waals surface area contributed by atoms with Crippen LogP contribution in [0.1, 0.15) is 35.8 Å². The fourth-order valence-corrected chi connectivity index (χ4v) is 3.17. The molecular formula is C21H26N2O4. The Bertz CT molecular complexity index is 910. The topological polar surface area (TPSA) is 65.6 Å². The summed E-state index contributed by atoms with van der Waals surface area (Å²) in [5, 5.41) is 3.01. The van der Waals surface area contributed by atoms with Gasteiger partial charge in [-0.2, -0.15) is 0 Å². The van der Waals surface area contributed by atoms with E-state index in [1.165, 1.54) is 0 Å². The molecule has 1 amide bonds. The van der Waals surface area contributed by atoms with Gasteiger partial charge in [-0.25, -0.2) is 0 Å². The number of furan rings is 1. The lowest BCUT2D eigenvalue weighted by Crippen LogP contribution is -2.28. The number of unbranched alkanes of at least 4 members (excludes halogenated alkanes) is 1. The summed E-state index contributed by atoms with van der Waals surface area (Å²) in [4.78, 5) is 12.7. The summed E-state index contributed by atoms with van der Waals surface area (Å²) in [7, 11) is 3.23. The van der Waals surface area contributed by atoms with Crippen LogP contribution >= 0.6 is 0 Å². The molecule has 0 spiro atoms. The number of amides is 1. The van der Waals surface area contributed by atoms with Crippen molar-refractivity contribution in [2.75, 3.05) is 20.8 Å². The molecule has 0 aliphatic carbocycles. The van der Waals surface area contributed by atoms with Crippen molar-refractivity contribution in [1.29, 1.82) is 0 Å². The molecule has 144 valence electrons. The maximum Gasteiger partial charge on any atom is 0.268 e. The average molecular weight is 370 g/mol. The van der Waals surface area contributed by atoms with Crippen LogP contribution in [0.3, 0.4) is 0 Å². The number of ether oxygens (including phenoxy) is 2. The minimum atomic E-state index is -0.0852. The summed E-state index contributed by atoms with van der Waals surface area (Å²) in [5.74, 6) is 1.30. The zero-order valence-corrected chi connectivity index (χ0v) is 16.1. The van der Waals surface area contributed by atoms with E-state index in [2.05, 4.69) is 12.2 Å². The maximum absolute atomic E-state index is 12.7. The third-order valence-electron chi connectivity index (χ3n) is 4.64. The first-order valence-electron chi connectivity index (χ1n) is 9.23. The molecular weight excluding hydrogens is 344 g/mol. The molecule has 0 aliphatic heterocycles. The van der Waals surface area contributed by atoms with Gasteiger partial charge in [0.05, 0.1) is 26.0 Å². The number of nitrogens with one attached hydrogen (secondary N) is 1. The van der Waals surface area contributed by atoms with Crippen molar-refractivity contribution in [2.24, 2.45) is 0 Å². The number of hydrogen-bond donors (Lipinski definition) is 1. The molecule has 1 aromatic carbocycles. The molecule has 3 aromatic rings. The van der Waals surface area contributed by atoms with Gasteiger partial charge in [-0.05, 0) is 30.5 Å². The standard InChI is InChI=1S/C21H26N2O4/c1-4-5-11-23-16-9-12-27-19(16)14-17(23)21(24)22-10-8-15-6-7-18(25-2)20(13-15)26-3/h6-7,9,12-14H,4-5,8,10-11H2,1-3H3,(H,22,24). The Balaban J connectivity index is 1.66. The van der Waals surface area contributed by atoms with E-state index in [1.54, 1.807) is 20.5 Å². The van der Waals surface area contributed by atoms with E-state index in [-0.39, 0.29) is 5.91 Å². The molecule has 0 fully saturated rings. The molecule has 1 N–H and O–H groups in total. The van der Waals surface area contributed by atoms with Gasteiger partial charge in [0.25, 0.3) is 5.91 Å². The second-order valence-corrected chi connectivity index (χ2v) is 6.40.